The van der Waals surface area contributed by atoms with Crippen molar-refractivity contribution in [3.63, 3.8) is 0 Å². The number of aryl methyl sites for hydroxylation is 1. The van der Waals surface area contributed by atoms with Gasteiger partial charge in [-0.15, -0.1) is 13.2 Å². The van der Waals surface area contributed by atoms with Gasteiger partial charge in [0.25, 0.3) is 0 Å². The molecule has 2 aromatic rings. The standard InChI is InChI=1S/C15H14F3N3O3S/c1-21-12(9-19)4-5-13(21)11-3-2-10(6-7-25(20,22)23)14(8-11)24-15(16,17)18/h2-5,8H,6-7H2,1H3,(H2,20,22,23). The highest BCUT2D eigenvalue weighted by molar-refractivity contribution is 7.89. The van der Waals surface area contributed by atoms with Gasteiger partial charge in [0.15, 0.2) is 0 Å². The second-order valence-corrected chi connectivity index (χ2v) is 7.00. The largest absolute Gasteiger partial charge is 0.573 e. The van der Waals surface area contributed by atoms with Crippen molar-refractivity contribution in [3.05, 3.63) is 41.6 Å². The molecule has 0 aliphatic rings. The van der Waals surface area contributed by atoms with Gasteiger partial charge in [0, 0.05) is 18.3 Å². The molecule has 0 bridgehead atoms. The van der Waals surface area contributed by atoms with Gasteiger partial charge in [0.05, 0.1) is 5.75 Å². The summed E-state index contributed by atoms with van der Waals surface area (Å²) in [5, 5.41) is 13.9. The van der Waals surface area contributed by atoms with E-state index >= 15 is 0 Å². The quantitative estimate of drug-likeness (QED) is 0.869. The molecular weight excluding hydrogens is 359 g/mol. The maximum Gasteiger partial charge on any atom is 0.573 e. The first-order chi connectivity index (χ1) is 11.5. The van der Waals surface area contributed by atoms with Crippen LogP contribution in [-0.2, 0) is 23.5 Å². The lowest BCUT2D eigenvalue weighted by Gasteiger charge is -2.15. The number of hydrogen-bond donors (Lipinski definition) is 1. The molecule has 1 aromatic heterocycles. The summed E-state index contributed by atoms with van der Waals surface area (Å²) in [5.41, 5.74) is 1.31. The molecule has 1 heterocycles. The number of rotatable bonds is 5. The second kappa shape index (κ2) is 6.78. The first-order valence-corrected chi connectivity index (χ1v) is 8.67. The van der Waals surface area contributed by atoms with Gasteiger partial charge in [-0.1, -0.05) is 12.1 Å². The van der Waals surface area contributed by atoms with Crippen molar-refractivity contribution < 1.29 is 26.3 Å². The van der Waals surface area contributed by atoms with E-state index in [4.69, 9.17) is 10.4 Å². The van der Waals surface area contributed by atoms with Crippen molar-refractivity contribution in [3.8, 4) is 23.1 Å². The maximum absolute atomic E-state index is 12.7. The number of alkyl halides is 3. The number of hydrogen-bond acceptors (Lipinski definition) is 4. The number of primary sulfonamides is 1. The first-order valence-electron chi connectivity index (χ1n) is 6.95. The van der Waals surface area contributed by atoms with Crippen molar-refractivity contribution in [2.45, 2.75) is 12.8 Å². The van der Waals surface area contributed by atoms with Crippen LogP contribution in [0.4, 0.5) is 13.2 Å². The van der Waals surface area contributed by atoms with E-state index in [9.17, 15) is 21.6 Å². The van der Waals surface area contributed by atoms with Crippen LogP contribution in [0, 0.1) is 11.3 Å². The van der Waals surface area contributed by atoms with Crippen LogP contribution in [-0.4, -0.2) is 25.1 Å². The van der Waals surface area contributed by atoms with Crippen LogP contribution < -0.4 is 9.88 Å². The summed E-state index contributed by atoms with van der Waals surface area (Å²) in [7, 11) is -2.22. The lowest BCUT2D eigenvalue weighted by atomic mass is 10.1. The topological polar surface area (TPSA) is 98.1 Å². The number of sulfonamides is 1. The summed E-state index contributed by atoms with van der Waals surface area (Å²) in [5.74, 6) is -1.02. The third kappa shape index (κ3) is 4.98. The average Bonchev–Trinajstić information content (AvgIpc) is 2.84. The summed E-state index contributed by atoms with van der Waals surface area (Å²) >= 11 is 0. The fourth-order valence-corrected chi connectivity index (χ4v) is 2.81. The molecule has 0 aliphatic carbocycles. The molecule has 2 N–H and O–H groups in total. The van der Waals surface area contributed by atoms with E-state index in [-0.39, 0.29) is 12.0 Å². The molecule has 0 radical (unpaired) electrons. The molecule has 0 unspecified atom stereocenters. The van der Waals surface area contributed by atoms with E-state index in [2.05, 4.69) is 4.74 Å². The molecule has 10 heteroatoms. The Morgan fingerprint density at radius 1 is 1.28 bits per heavy atom. The zero-order chi connectivity index (χ0) is 18.8. The SMILES string of the molecule is Cn1c(C#N)ccc1-c1ccc(CCS(N)(=O)=O)c(OC(F)(F)F)c1. The zero-order valence-electron chi connectivity index (χ0n) is 13.0. The Bertz CT molecular complexity index is 928. The minimum atomic E-state index is -4.93. The van der Waals surface area contributed by atoms with Gasteiger partial charge in [-0.3, -0.25) is 0 Å². The molecule has 0 saturated heterocycles. The monoisotopic (exact) mass is 373 g/mol. The smallest absolute Gasteiger partial charge is 0.405 e. The van der Waals surface area contributed by atoms with Crippen LogP contribution in [0.2, 0.25) is 0 Å². The Hall–Kier alpha value is -2.51. The lowest BCUT2D eigenvalue weighted by molar-refractivity contribution is -0.274. The molecule has 6 nitrogen and oxygen atoms in total. The summed E-state index contributed by atoms with van der Waals surface area (Å²) in [6.07, 6.45) is -5.15. The van der Waals surface area contributed by atoms with Crippen molar-refractivity contribution in [1.82, 2.24) is 4.57 Å². The zero-order valence-corrected chi connectivity index (χ0v) is 13.9. The number of nitrogens with zero attached hydrogens (tertiary/aromatic N) is 2. The van der Waals surface area contributed by atoms with Crippen LogP contribution in [0.5, 0.6) is 5.75 Å². The van der Waals surface area contributed by atoms with Crippen molar-refractivity contribution in [2.24, 2.45) is 12.2 Å². The van der Waals surface area contributed by atoms with Crippen LogP contribution in [0.25, 0.3) is 11.3 Å². The van der Waals surface area contributed by atoms with Gasteiger partial charge in [0.1, 0.15) is 17.5 Å². The minimum Gasteiger partial charge on any atom is -0.405 e. The maximum atomic E-state index is 12.7. The van der Waals surface area contributed by atoms with Crippen LogP contribution in [0.3, 0.4) is 0 Å². The molecule has 1 aromatic carbocycles. The summed E-state index contributed by atoms with van der Waals surface area (Å²) in [6, 6.07) is 9.12. The number of aromatic nitrogens is 1. The predicted octanol–water partition coefficient (Wildman–Crippen LogP) is 2.29. The van der Waals surface area contributed by atoms with Crippen LogP contribution in [0.1, 0.15) is 11.3 Å². The van der Waals surface area contributed by atoms with E-state index in [0.29, 0.717) is 17.0 Å². The number of halogens is 3. The highest BCUT2D eigenvalue weighted by Gasteiger charge is 2.32. The molecule has 0 atom stereocenters. The summed E-state index contributed by atoms with van der Waals surface area (Å²) in [4.78, 5) is 0. The molecule has 0 fully saturated rings. The number of benzene rings is 1. The van der Waals surface area contributed by atoms with E-state index in [0.717, 1.165) is 6.07 Å². The van der Waals surface area contributed by atoms with Crippen molar-refractivity contribution in [2.75, 3.05) is 5.75 Å². The molecule has 0 amide bonds. The lowest BCUT2D eigenvalue weighted by Crippen LogP contribution is -2.20. The number of nitrogens with two attached hydrogens (primary N) is 1. The van der Waals surface area contributed by atoms with Crippen LogP contribution >= 0.6 is 0 Å². The van der Waals surface area contributed by atoms with E-state index in [1.165, 1.54) is 22.8 Å². The van der Waals surface area contributed by atoms with Gasteiger partial charge in [-0.05, 0) is 30.2 Å². The third-order valence-corrected chi connectivity index (χ3v) is 4.25. The summed E-state index contributed by atoms with van der Waals surface area (Å²) in [6.45, 7) is 0. The highest BCUT2D eigenvalue weighted by atomic mass is 32.2. The van der Waals surface area contributed by atoms with E-state index < -0.39 is 27.9 Å². The molecule has 2 rings (SSSR count). The molecular formula is C15H14F3N3O3S. The van der Waals surface area contributed by atoms with Gasteiger partial charge >= 0.3 is 6.36 Å². The van der Waals surface area contributed by atoms with E-state index in [1.807, 2.05) is 6.07 Å². The van der Waals surface area contributed by atoms with Gasteiger partial charge in [-0.25, -0.2) is 13.6 Å². The Morgan fingerprint density at radius 3 is 2.48 bits per heavy atom. The van der Waals surface area contributed by atoms with Crippen LogP contribution in [0.15, 0.2) is 30.3 Å². The molecule has 0 saturated carbocycles. The normalized spacial score (nSPS) is 12.0. The molecule has 25 heavy (non-hydrogen) atoms. The van der Waals surface area contributed by atoms with Gasteiger partial charge < -0.3 is 9.30 Å². The number of ether oxygens (including phenoxy) is 1. The van der Waals surface area contributed by atoms with Crippen molar-refractivity contribution >= 4 is 10.0 Å². The molecule has 0 aliphatic heterocycles. The van der Waals surface area contributed by atoms with E-state index in [1.54, 1.807) is 13.1 Å². The predicted molar refractivity (Wildman–Crippen MR) is 83.9 cm³/mol. The highest BCUT2D eigenvalue weighted by Crippen LogP contribution is 2.32. The minimum absolute atomic E-state index is 0.0600. The fourth-order valence-electron chi connectivity index (χ4n) is 2.31. The Labute approximate surface area is 142 Å². The Morgan fingerprint density at radius 2 is 1.96 bits per heavy atom. The Balaban J connectivity index is 2.46. The van der Waals surface area contributed by atoms with Crippen molar-refractivity contribution in [1.29, 1.82) is 5.26 Å². The third-order valence-electron chi connectivity index (χ3n) is 3.48. The molecule has 134 valence electrons. The summed E-state index contributed by atoms with van der Waals surface area (Å²) < 4.78 is 65.6. The fraction of sp³-hybridized carbons (Fsp3) is 0.267. The second-order valence-electron chi connectivity index (χ2n) is 5.26. The number of nitriles is 1. The molecule has 0 spiro atoms. The Kier molecular flexibility index (Phi) is 5.10. The average molecular weight is 373 g/mol. The van der Waals surface area contributed by atoms with Gasteiger partial charge in [0.2, 0.25) is 10.0 Å². The first kappa shape index (κ1) is 18.8. The van der Waals surface area contributed by atoms with Gasteiger partial charge in [-0.2, -0.15) is 5.26 Å².